The van der Waals surface area contributed by atoms with Crippen molar-refractivity contribution in [3.8, 4) is 0 Å². The van der Waals surface area contributed by atoms with Crippen LogP contribution in [0.15, 0.2) is 24.3 Å². The number of hydrogen-bond acceptors (Lipinski definition) is 3. The number of halogens is 3. The highest BCUT2D eigenvalue weighted by Gasteiger charge is 2.16. The second-order valence-electron chi connectivity index (χ2n) is 3.68. The van der Waals surface area contributed by atoms with E-state index in [0.29, 0.717) is 12.1 Å². The van der Waals surface area contributed by atoms with Crippen LogP contribution in [0.25, 0.3) is 0 Å². The number of carbonyl (C=O) groups is 2. The summed E-state index contributed by atoms with van der Waals surface area (Å²) in [5.74, 6) is -6.65. The molecule has 20 heavy (non-hydrogen) atoms. The molecule has 1 aromatic heterocycles. The van der Waals surface area contributed by atoms with Crippen molar-refractivity contribution in [1.82, 2.24) is 0 Å². The Kier molecular flexibility index (Phi) is 3.75. The number of benzene rings is 1. The van der Waals surface area contributed by atoms with Gasteiger partial charge in [0.05, 0.1) is 5.00 Å². The second kappa shape index (κ2) is 5.33. The summed E-state index contributed by atoms with van der Waals surface area (Å²) in [6.45, 7) is 0. The predicted molar refractivity (Wildman–Crippen MR) is 65.5 cm³/mol. The van der Waals surface area contributed by atoms with Gasteiger partial charge in [0.25, 0.3) is 5.91 Å². The summed E-state index contributed by atoms with van der Waals surface area (Å²) < 4.78 is 38.7. The third kappa shape index (κ3) is 2.80. The molecule has 2 aromatic rings. The third-order valence-corrected chi connectivity index (χ3v) is 3.29. The van der Waals surface area contributed by atoms with Crippen molar-refractivity contribution in [2.24, 2.45) is 0 Å². The Morgan fingerprint density at radius 3 is 2.20 bits per heavy atom. The minimum absolute atomic E-state index is 0.00299. The Balaban J connectivity index is 2.21. The van der Waals surface area contributed by atoms with Crippen molar-refractivity contribution < 1.29 is 27.9 Å². The number of carboxylic acids is 1. The van der Waals surface area contributed by atoms with Crippen LogP contribution >= 0.6 is 11.3 Å². The minimum Gasteiger partial charge on any atom is -0.477 e. The average molecular weight is 301 g/mol. The van der Waals surface area contributed by atoms with Gasteiger partial charge in [-0.2, -0.15) is 0 Å². The first-order valence-electron chi connectivity index (χ1n) is 5.17. The monoisotopic (exact) mass is 301 g/mol. The molecule has 1 aromatic carbocycles. The Morgan fingerprint density at radius 2 is 1.70 bits per heavy atom. The van der Waals surface area contributed by atoms with Crippen molar-refractivity contribution in [2.45, 2.75) is 0 Å². The van der Waals surface area contributed by atoms with Crippen LogP contribution in [0, 0.1) is 17.5 Å². The molecule has 0 aliphatic heterocycles. The normalized spacial score (nSPS) is 10.3. The average Bonchev–Trinajstić information content (AvgIpc) is 2.84. The third-order valence-electron chi connectivity index (χ3n) is 2.30. The molecule has 0 spiro atoms. The highest BCUT2D eigenvalue weighted by Crippen LogP contribution is 2.23. The smallest absolute Gasteiger partial charge is 0.345 e. The first kappa shape index (κ1) is 14.1. The van der Waals surface area contributed by atoms with Gasteiger partial charge in [0, 0.05) is 5.56 Å². The topological polar surface area (TPSA) is 66.4 Å². The van der Waals surface area contributed by atoms with Crippen molar-refractivity contribution in [1.29, 1.82) is 0 Å². The maximum Gasteiger partial charge on any atom is 0.345 e. The summed E-state index contributed by atoms with van der Waals surface area (Å²) in [6, 6.07) is 3.72. The molecular formula is C12H6F3NO3S. The molecule has 0 unspecified atom stereocenters. The Labute approximate surface area is 114 Å². The molecule has 0 aliphatic carbocycles. The lowest BCUT2D eigenvalue weighted by molar-refractivity contribution is 0.0702. The second-order valence-corrected chi connectivity index (χ2v) is 4.76. The largest absolute Gasteiger partial charge is 0.477 e. The van der Waals surface area contributed by atoms with Crippen LogP contribution in [-0.4, -0.2) is 17.0 Å². The number of anilines is 1. The quantitative estimate of drug-likeness (QED) is 0.856. The fourth-order valence-electron chi connectivity index (χ4n) is 1.39. The number of hydrogen-bond donors (Lipinski definition) is 2. The number of carboxylic acid groups (broad SMARTS) is 1. The maximum atomic E-state index is 13.0. The van der Waals surface area contributed by atoms with Gasteiger partial charge in [-0.05, 0) is 24.3 Å². The van der Waals surface area contributed by atoms with Crippen LogP contribution < -0.4 is 5.32 Å². The van der Waals surface area contributed by atoms with E-state index in [1.165, 1.54) is 12.1 Å². The van der Waals surface area contributed by atoms with Gasteiger partial charge in [-0.25, -0.2) is 18.0 Å². The summed E-state index contributed by atoms with van der Waals surface area (Å²) in [5.41, 5.74) is -0.410. The fraction of sp³-hybridized carbons (Fsp3) is 0. The van der Waals surface area contributed by atoms with Crippen molar-refractivity contribution in [2.75, 3.05) is 5.32 Å². The first-order valence-corrected chi connectivity index (χ1v) is 5.99. The van der Waals surface area contributed by atoms with Crippen LogP contribution in [0.2, 0.25) is 0 Å². The summed E-state index contributed by atoms with van der Waals surface area (Å²) in [7, 11) is 0. The van der Waals surface area contributed by atoms with E-state index >= 15 is 0 Å². The standard InChI is InChI=1S/C12H6F3NO3S/c13-6-3-5(4-7(14)10(6)15)11(17)16-9-2-1-8(20-9)12(18)19/h1-4H,(H,16,17)(H,18,19). The van der Waals surface area contributed by atoms with Gasteiger partial charge in [-0.3, -0.25) is 4.79 Å². The number of thiophene rings is 1. The van der Waals surface area contributed by atoms with Crippen LogP contribution in [-0.2, 0) is 0 Å². The molecule has 0 saturated carbocycles. The van der Waals surface area contributed by atoms with Crippen molar-refractivity contribution in [3.05, 3.63) is 52.2 Å². The van der Waals surface area contributed by atoms with Crippen LogP contribution in [0.3, 0.4) is 0 Å². The van der Waals surface area contributed by atoms with Crippen LogP contribution in [0.4, 0.5) is 18.2 Å². The van der Waals surface area contributed by atoms with E-state index in [-0.39, 0.29) is 9.88 Å². The Hall–Kier alpha value is -2.35. The lowest BCUT2D eigenvalue weighted by atomic mass is 10.2. The van der Waals surface area contributed by atoms with Gasteiger partial charge in [0.15, 0.2) is 17.5 Å². The van der Waals surface area contributed by atoms with E-state index in [0.717, 1.165) is 11.3 Å². The van der Waals surface area contributed by atoms with E-state index < -0.39 is 34.9 Å². The van der Waals surface area contributed by atoms with Gasteiger partial charge >= 0.3 is 5.97 Å². The molecule has 0 atom stereocenters. The van der Waals surface area contributed by atoms with Crippen LogP contribution in [0.5, 0.6) is 0 Å². The zero-order valence-corrected chi connectivity index (χ0v) is 10.4. The predicted octanol–water partition coefficient (Wildman–Crippen LogP) is 3.12. The molecular weight excluding hydrogens is 295 g/mol. The number of aromatic carboxylic acids is 1. The van der Waals surface area contributed by atoms with Crippen molar-refractivity contribution >= 4 is 28.2 Å². The molecule has 1 amide bonds. The molecule has 2 N–H and O–H groups in total. The molecule has 0 bridgehead atoms. The lowest BCUT2D eigenvalue weighted by Gasteiger charge is -2.03. The number of amides is 1. The van der Waals surface area contributed by atoms with E-state index in [1.54, 1.807) is 0 Å². The summed E-state index contributed by atoms with van der Waals surface area (Å²) >= 11 is 0.782. The molecule has 0 aliphatic rings. The highest BCUT2D eigenvalue weighted by molar-refractivity contribution is 7.18. The van der Waals surface area contributed by atoms with Gasteiger partial charge in [0.2, 0.25) is 0 Å². The Morgan fingerprint density at radius 1 is 1.10 bits per heavy atom. The number of rotatable bonds is 3. The Bertz CT molecular complexity index is 676. The van der Waals surface area contributed by atoms with E-state index in [4.69, 9.17) is 5.11 Å². The van der Waals surface area contributed by atoms with Crippen LogP contribution in [0.1, 0.15) is 20.0 Å². The van der Waals surface area contributed by atoms with Gasteiger partial charge in [-0.15, -0.1) is 11.3 Å². The molecule has 1 heterocycles. The summed E-state index contributed by atoms with van der Waals surface area (Å²) in [5, 5.41) is 11.2. The van der Waals surface area contributed by atoms with E-state index in [2.05, 4.69) is 5.32 Å². The van der Waals surface area contributed by atoms with Gasteiger partial charge < -0.3 is 10.4 Å². The molecule has 2 rings (SSSR count). The van der Waals surface area contributed by atoms with Gasteiger partial charge in [-0.1, -0.05) is 0 Å². The summed E-state index contributed by atoms with van der Waals surface area (Å²) in [6.07, 6.45) is 0. The molecule has 0 saturated heterocycles. The number of nitrogens with one attached hydrogen (secondary N) is 1. The summed E-state index contributed by atoms with van der Waals surface area (Å²) in [4.78, 5) is 22.4. The van der Waals surface area contributed by atoms with E-state index in [1.807, 2.05) is 0 Å². The zero-order chi connectivity index (χ0) is 14.9. The minimum atomic E-state index is -1.66. The van der Waals surface area contributed by atoms with Gasteiger partial charge in [0.1, 0.15) is 4.88 Å². The molecule has 4 nitrogen and oxygen atoms in total. The van der Waals surface area contributed by atoms with E-state index in [9.17, 15) is 22.8 Å². The lowest BCUT2D eigenvalue weighted by Crippen LogP contribution is -2.12. The number of carbonyl (C=O) groups excluding carboxylic acids is 1. The molecule has 0 fully saturated rings. The highest BCUT2D eigenvalue weighted by atomic mass is 32.1. The van der Waals surface area contributed by atoms with Crippen molar-refractivity contribution in [3.63, 3.8) is 0 Å². The molecule has 0 radical (unpaired) electrons. The maximum absolute atomic E-state index is 13.0. The zero-order valence-electron chi connectivity index (χ0n) is 9.62. The molecule has 104 valence electrons. The first-order chi connectivity index (χ1) is 9.38. The SMILES string of the molecule is O=C(Nc1ccc(C(=O)O)s1)c1cc(F)c(F)c(F)c1. The molecule has 8 heteroatoms. The fourth-order valence-corrected chi connectivity index (χ4v) is 2.13.